The first kappa shape index (κ1) is 11.3. The van der Waals surface area contributed by atoms with Crippen LogP contribution in [0.3, 0.4) is 0 Å². The van der Waals surface area contributed by atoms with Crippen molar-refractivity contribution < 1.29 is 21.6 Å². The van der Waals surface area contributed by atoms with Gasteiger partial charge >= 0.3 is 0 Å². The first-order valence-electron chi connectivity index (χ1n) is 3.35. The highest BCUT2D eigenvalue weighted by atomic mass is 35.7. The van der Waals surface area contributed by atoms with Gasteiger partial charge in [-0.15, -0.1) is 0 Å². The molecule has 0 amide bonds. The maximum absolute atomic E-state index is 13.1. The smallest absolute Gasteiger partial charge is 0.207 e. The van der Waals surface area contributed by atoms with Gasteiger partial charge < -0.3 is 0 Å². The van der Waals surface area contributed by atoms with E-state index in [1.54, 1.807) is 0 Å². The van der Waals surface area contributed by atoms with Gasteiger partial charge in [0, 0.05) is 10.7 Å². The van der Waals surface area contributed by atoms with Crippen LogP contribution in [0.4, 0.5) is 13.2 Å². The Kier molecular flexibility index (Phi) is 3.06. The summed E-state index contributed by atoms with van der Waals surface area (Å²) in [4.78, 5) is -0.933. The van der Waals surface area contributed by atoms with Crippen LogP contribution in [0.2, 0.25) is 0 Å². The van der Waals surface area contributed by atoms with Gasteiger partial charge in [-0.25, -0.2) is 21.6 Å². The minimum absolute atomic E-state index is 0.797. The van der Waals surface area contributed by atoms with E-state index in [4.69, 9.17) is 10.7 Å². The summed E-state index contributed by atoms with van der Waals surface area (Å²) in [7, 11) is 0.502. The quantitative estimate of drug-likeness (QED) is 0.750. The lowest BCUT2D eigenvalue weighted by atomic mass is 10.2. The van der Waals surface area contributed by atoms with E-state index in [2.05, 4.69) is 0 Å². The molecule has 1 rings (SSSR count). The van der Waals surface area contributed by atoms with Crippen LogP contribution in [0, 0.1) is 5.82 Å². The van der Waals surface area contributed by atoms with Crippen molar-refractivity contribution in [2.75, 3.05) is 0 Å². The molecule has 1 aromatic rings. The molecule has 7 heteroatoms. The third-order valence-electron chi connectivity index (χ3n) is 1.49. The molecule has 2 nitrogen and oxygen atoms in total. The van der Waals surface area contributed by atoms with Gasteiger partial charge in [0.05, 0.1) is 5.56 Å². The summed E-state index contributed by atoms with van der Waals surface area (Å²) >= 11 is 0. The molecule has 0 saturated heterocycles. The Labute approximate surface area is 82.7 Å². The summed E-state index contributed by atoms with van der Waals surface area (Å²) in [6, 6.07) is 2.62. The van der Waals surface area contributed by atoms with Crippen LogP contribution in [-0.4, -0.2) is 8.42 Å². The maximum Gasteiger partial charge on any atom is 0.266 e. The van der Waals surface area contributed by atoms with Gasteiger partial charge in [-0.05, 0) is 6.07 Å². The zero-order valence-corrected chi connectivity index (χ0v) is 8.12. The molecule has 0 unspecified atom stereocenters. The summed E-state index contributed by atoms with van der Waals surface area (Å²) in [5.74, 6) is -1.50. The van der Waals surface area contributed by atoms with E-state index in [1.807, 2.05) is 0 Å². The molecular weight excluding hydrogens is 241 g/mol. The van der Waals surface area contributed by atoms with Crippen molar-refractivity contribution in [1.82, 2.24) is 0 Å². The van der Waals surface area contributed by atoms with Crippen LogP contribution >= 0.6 is 10.7 Å². The minimum atomic E-state index is -4.33. The summed E-state index contributed by atoms with van der Waals surface area (Å²) < 4.78 is 58.7. The van der Waals surface area contributed by atoms with Crippen LogP contribution in [0.15, 0.2) is 23.1 Å². The van der Waals surface area contributed by atoms with E-state index in [0.717, 1.165) is 18.2 Å². The molecule has 14 heavy (non-hydrogen) atoms. The molecule has 1 aromatic carbocycles. The fraction of sp³-hybridized carbons (Fsp3) is 0.143. The Balaban J connectivity index is 3.43. The van der Waals surface area contributed by atoms with Crippen LogP contribution in [0.1, 0.15) is 12.0 Å². The fourth-order valence-corrected chi connectivity index (χ4v) is 1.82. The number of alkyl halides is 2. The molecule has 0 heterocycles. The lowest BCUT2D eigenvalue weighted by molar-refractivity contribution is 0.145. The van der Waals surface area contributed by atoms with Crippen molar-refractivity contribution in [1.29, 1.82) is 0 Å². The Hall–Kier alpha value is -0.750. The SMILES string of the molecule is O=S(=O)(Cl)c1cccc(C(F)F)c1F. The van der Waals surface area contributed by atoms with Crippen molar-refractivity contribution in [3.05, 3.63) is 29.6 Å². The molecule has 0 aliphatic heterocycles. The van der Waals surface area contributed by atoms with Gasteiger partial charge in [0.2, 0.25) is 0 Å². The Morgan fingerprint density at radius 2 is 1.86 bits per heavy atom. The molecule has 0 aliphatic rings. The zero-order chi connectivity index (χ0) is 10.9. The zero-order valence-electron chi connectivity index (χ0n) is 6.55. The Bertz CT molecular complexity index is 444. The second-order valence-electron chi connectivity index (χ2n) is 2.40. The van der Waals surface area contributed by atoms with Gasteiger partial charge in [0.15, 0.2) is 5.82 Å². The van der Waals surface area contributed by atoms with E-state index in [1.165, 1.54) is 0 Å². The van der Waals surface area contributed by atoms with E-state index >= 15 is 0 Å². The number of hydrogen-bond donors (Lipinski definition) is 0. The van der Waals surface area contributed by atoms with Crippen LogP contribution in [0.5, 0.6) is 0 Å². The average molecular weight is 245 g/mol. The van der Waals surface area contributed by atoms with Gasteiger partial charge in [0.25, 0.3) is 15.5 Å². The monoisotopic (exact) mass is 244 g/mol. The largest absolute Gasteiger partial charge is 0.266 e. The van der Waals surface area contributed by atoms with Crippen LogP contribution in [0.25, 0.3) is 0 Å². The molecular formula is C7H4ClF3O2S. The second-order valence-corrected chi connectivity index (χ2v) is 4.93. The lowest BCUT2D eigenvalue weighted by Gasteiger charge is -2.04. The van der Waals surface area contributed by atoms with Crippen molar-refractivity contribution in [2.45, 2.75) is 11.3 Å². The highest BCUT2D eigenvalue weighted by Gasteiger charge is 2.22. The summed E-state index contributed by atoms with van der Waals surface area (Å²) in [6.07, 6.45) is -3.08. The molecule has 0 saturated carbocycles. The Morgan fingerprint density at radius 1 is 1.29 bits per heavy atom. The fourth-order valence-electron chi connectivity index (χ4n) is 0.885. The van der Waals surface area contributed by atoms with Crippen molar-refractivity contribution in [2.24, 2.45) is 0 Å². The predicted octanol–water partition coefficient (Wildman–Crippen LogP) is 2.69. The number of rotatable bonds is 2. The van der Waals surface area contributed by atoms with Crippen molar-refractivity contribution in [3.63, 3.8) is 0 Å². The Morgan fingerprint density at radius 3 is 2.29 bits per heavy atom. The molecule has 0 spiro atoms. The van der Waals surface area contributed by atoms with E-state index < -0.39 is 31.8 Å². The summed E-state index contributed by atoms with van der Waals surface area (Å²) in [6.45, 7) is 0. The molecule has 78 valence electrons. The highest BCUT2D eigenvalue weighted by Crippen LogP contribution is 2.27. The van der Waals surface area contributed by atoms with Crippen LogP contribution < -0.4 is 0 Å². The molecule has 0 atom stereocenters. The lowest BCUT2D eigenvalue weighted by Crippen LogP contribution is -2.00. The van der Waals surface area contributed by atoms with Gasteiger partial charge in [-0.1, -0.05) is 12.1 Å². The number of hydrogen-bond acceptors (Lipinski definition) is 2. The van der Waals surface area contributed by atoms with Gasteiger partial charge in [-0.3, -0.25) is 0 Å². The van der Waals surface area contributed by atoms with E-state index in [-0.39, 0.29) is 0 Å². The molecule has 0 radical (unpaired) electrons. The second kappa shape index (κ2) is 3.78. The third kappa shape index (κ3) is 2.19. The minimum Gasteiger partial charge on any atom is -0.207 e. The third-order valence-corrected chi connectivity index (χ3v) is 2.83. The van der Waals surface area contributed by atoms with E-state index in [0.29, 0.717) is 0 Å². The molecule has 0 fully saturated rings. The molecule has 0 bridgehead atoms. The average Bonchev–Trinajstić information content (AvgIpc) is 2.01. The van der Waals surface area contributed by atoms with Gasteiger partial charge in [-0.2, -0.15) is 0 Å². The van der Waals surface area contributed by atoms with Gasteiger partial charge in [0.1, 0.15) is 4.90 Å². The maximum atomic E-state index is 13.1. The summed E-state index contributed by atoms with van der Waals surface area (Å²) in [5.41, 5.74) is -0.980. The molecule has 0 aliphatic carbocycles. The van der Waals surface area contributed by atoms with E-state index in [9.17, 15) is 21.6 Å². The predicted molar refractivity (Wildman–Crippen MR) is 44.4 cm³/mol. The number of benzene rings is 1. The van der Waals surface area contributed by atoms with Crippen molar-refractivity contribution >= 4 is 19.7 Å². The highest BCUT2D eigenvalue weighted by molar-refractivity contribution is 8.13. The normalized spacial score (nSPS) is 12.1. The molecule has 0 N–H and O–H groups in total. The topological polar surface area (TPSA) is 34.1 Å². The summed E-state index contributed by atoms with van der Waals surface area (Å²) in [5, 5.41) is 0. The number of halogens is 4. The van der Waals surface area contributed by atoms with Crippen LogP contribution in [-0.2, 0) is 9.05 Å². The van der Waals surface area contributed by atoms with Crippen molar-refractivity contribution in [3.8, 4) is 0 Å². The first-order chi connectivity index (χ1) is 6.34. The standard InChI is InChI=1S/C7H4ClF3O2S/c8-14(12,13)5-3-1-2-4(6(5)9)7(10)11/h1-3,7H. The first-order valence-corrected chi connectivity index (χ1v) is 5.66. The molecule has 0 aromatic heterocycles.